The summed E-state index contributed by atoms with van der Waals surface area (Å²) in [4.78, 5) is 12.5. The van der Waals surface area contributed by atoms with Crippen LogP contribution in [0.15, 0.2) is 12.2 Å². The summed E-state index contributed by atoms with van der Waals surface area (Å²) in [6.07, 6.45) is 62.6. The minimum atomic E-state index is -0.925. The largest absolute Gasteiger partial charge is 0.394 e. The van der Waals surface area contributed by atoms with Crippen LogP contribution in [-0.2, 0) is 4.79 Å². The van der Waals surface area contributed by atoms with Gasteiger partial charge in [0.15, 0.2) is 0 Å². The van der Waals surface area contributed by atoms with Gasteiger partial charge < -0.3 is 20.6 Å². The van der Waals surface area contributed by atoms with Crippen molar-refractivity contribution in [1.29, 1.82) is 0 Å². The highest BCUT2D eigenvalue weighted by Gasteiger charge is 2.20. The Morgan fingerprint density at radius 3 is 0.967 bits per heavy atom. The van der Waals surface area contributed by atoms with Gasteiger partial charge in [0.1, 0.15) is 0 Å². The van der Waals surface area contributed by atoms with Crippen LogP contribution in [0, 0.1) is 0 Å². The van der Waals surface area contributed by atoms with E-state index in [4.69, 9.17) is 0 Å². The fourth-order valence-electron chi connectivity index (χ4n) is 8.87. The number of unbranched alkanes of at least 4 members (excludes halogenated alkanes) is 42. The summed E-state index contributed by atoms with van der Waals surface area (Å²) < 4.78 is 0. The van der Waals surface area contributed by atoms with Crippen molar-refractivity contribution in [3.63, 3.8) is 0 Å². The van der Waals surface area contributed by atoms with Gasteiger partial charge in [-0.3, -0.25) is 4.79 Å². The third-order valence-electron chi connectivity index (χ3n) is 13.1. The Hall–Kier alpha value is -0.910. The van der Waals surface area contributed by atoms with Crippen LogP contribution in [0.25, 0.3) is 0 Å². The van der Waals surface area contributed by atoms with Crippen LogP contribution < -0.4 is 5.32 Å². The third kappa shape index (κ3) is 46.6. The predicted molar refractivity (Wildman–Crippen MR) is 264 cm³/mol. The van der Waals surface area contributed by atoms with Crippen LogP contribution in [0.5, 0.6) is 0 Å². The molecule has 1 amide bonds. The minimum Gasteiger partial charge on any atom is -0.394 e. The monoisotopic (exact) mass is 848 g/mol. The highest BCUT2D eigenvalue weighted by Crippen LogP contribution is 2.18. The number of carbonyl (C=O) groups excluding carboxylic acids is 1. The van der Waals surface area contributed by atoms with Gasteiger partial charge in [0, 0.05) is 0 Å². The molecule has 5 heteroatoms. The maximum absolute atomic E-state index is 12.5. The summed E-state index contributed by atoms with van der Waals surface area (Å²) in [5.41, 5.74) is 0. The number of carbonyl (C=O) groups is 1. The normalized spacial score (nSPS) is 13.3. The van der Waals surface area contributed by atoms with Gasteiger partial charge in [0.25, 0.3) is 0 Å². The molecular formula is C55H109NO4. The Balaban J connectivity index is 3.47. The quantitative estimate of drug-likeness (QED) is 0.0363. The lowest BCUT2D eigenvalue weighted by molar-refractivity contribution is -0.124. The highest BCUT2D eigenvalue weighted by atomic mass is 16.3. The summed E-state index contributed by atoms with van der Waals surface area (Å²) >= 11 is 0. The molecule has 0 bridgehead atoms. The average molecular weight is 848 g/mol. The van der Waals surface area contributed by atoms with Crippen LogP contribution in [0.1, 0.15) is 309 Å². The fraction of sp³-hybridized carbons (Fsp3) is 0.945. The van der Waals surface area contributed by atoms with Crippen molar-refractivity contribution < 1.29 is 20.1 Å². The molecule has 0 saturated heterocycles. The van der Waals surface area contributed by atoms with Gasteiger partial charge >= 0.3 is 0 Å². The molecule has 4 N–H and O–H groups in total. The Bertz CT molecular complexity index is 848. The molecule has 0 aliphatic heterocycles. The topological polar surface area (TPSA) is 89.8 Å². The van der Waals surface area contributed by atoms with Crippen molar-refractivity contribution in [2.75, 3.05) is 6.61 Å². The van der Waals surface area contributed by atoms with E-state index in [9.17, 15) is 20.1 Å². The minimum absolute atomic E-state index is 0.0192. The molecule has 0 aromatic carbocycles. The van der Waals surface area contributed by atoms with E-state index in [-0.39, 0.29) is 18.9 Å². The van der Waals surface area contributed by atoms with Crippen molar-refractivity contribution in [3.8, 4) is 0 Å². The summed E-state index contributed by atoms with van der Waals surface area (Å²) in [5, 5.41) is 33.4. The van der Waals surface area contributed by atoms with E-state index in [2.05, 4.69) is 19.2 Å². The van der Waals surface area contributed by atoms with Crippen molar-refractivity contribution in [2.24, 2.45) is 0 Å². The lowest BCUT2D eigenvalue weighted by Crippen LogP contribution is -2.45. The highest BCUT2D eigenvalue weighted by molar-refractivity contribution is 5.76. The summed E-state index contributed by atoms with van der Waals surface area (Å²) in [5.74, 6) is -0.310. The van der Waals surface area contributed by atoms with E-state index in [0.29, 0.717) is 6.42 Å². The number of amides is 1. The predicted octanol–water partition coefficient (Wildman–Crippen LogP) is 16.7. The maximum Gasteiger partial charge on any atom is 0.222 e. The van der Waals surface area contributed by atoms with Crippen LogP contribution in [0.4, 0.5) is 0 Å². The molecule has 0 rings (SSSR count). The van der Waals surface area contributed by atoms with Crippen molar-refractivity contribution in [3.05, 3.63) is 12.2 Å². The first-order valence-electron chi connectivity index (χ1n) is 27.5. The Kier molecular flexibility index (Phi) is 50.0. The van der Waals surface area contributed by atoms with Crippen molar-refractivity contribution in [2.45, 2.75) is 327 Å². The molecule has 0 fully saturated rings. The molecule has 0 radical (unpaired) electrons. The first-order chi connectivity index (χ1) is 29.5. The summed E-state index contributed by atoms with van der Waals surface area (Å²) in [6.45, 7) is 4.24. The van der Waals surface area contributed by atoms with E-state index in [0.717, 1.165) is 25.7 Å². The zero-order chi connectivity index (χ0) is 43.7. The van der Waals surface area contributed by atoms with Crippen LogP contribution >= 0.6 is 0 Å². The second kappa shape index (κ2) is 50.7. The molecule has 0 saturated carbocycles. The van der Waals surface area contributed by atoms with E-state index >= 15 is 0 Å². The van der Waals surface area contributed by atoms with E-state index in [1.807, 2.05) is 6.08 Å². The standard InChI is InChI=1S/C55H109NO4/c1-3-5-7-9-11-13-15-17-19-20-21-22-23-24-25-26-27-28-29-30-31-32-33-34-35-36-38-40-42-44-46-48-52(58)50-55(60)56-53(51-57)54(59)49-47-45-43-41-39-37-18-16-14-12-10-8-6-4-2/h47,49,52-54,57-59H,3-46,48,50-51H2,1-2H3,(H,56,60)/b49-47+. The number of allylic oxidation sites excluding steroid dienone is 1. The summed E-state index contributed by atoms with van der Waals surface area (Å²) in [6, 6.07) is -0.740. The number of hydrogen-bond acceptors (Lipinski definition) is 4. The number of nitrogens with one attached hydrogen (secondary N) is 1. The number of rotatable bonds is 51. The number of aliphatic hydroxyl groups excluding tert-OH is 3. The van der Waals surface area contributed by atoms with E-state index in [1.165, 1.54) is 257 Å². The SMILES string of the molecule is CCCCCCCCCCCCCC/C=C/C(O)C(CO)NC(=O)CC(O)CCCCCCCCCCCCCCCCCCCCCCCCCCCCCCCCC. The zero-order valence-electron chi connectivity index (χ0n) is 40.9. The van der Waals surface area contributed by atoms with Crippen LogP contribution in [0.2, 0.25) is 0 Å². The van der Waals surface area contributed by atoms with E-state index < -0.39 is 18.2 Å². The second-order valence-electron chi connectivity index (χ2n) is 19.2. The molecule has 0 aliphatic carbocycles. The summed E-state index contributed by atoms with van der Waals surface area (Å²) in [7, 11) is 0. The molecule has 5 nitrogen and oxygen atoms in total. The Labute approximate surface area is 376 Å². The maximum atomic E-state index is 12.5. The molecule has 358 valence electrons. The van der Waals surface area contributed by atoms with Gasteiger partial charge in [-0.25, -0.2) is 0 Å². The second-order valence-corrected chi connectivity index (χ2v) is 19.2. The molecule has 0 aliphatic rings. The molecule has 0 heterocycles. The van der Waals surface area contributed by atoms with Crippen LogP contribution in [-0.4, -0.2) is 46.1 Å². The molecule has 0 spiro atoms. The van der Waals surface area contributed by atoms with Gasteiger partial charge in [0.05, 0.1) is 31.3 Å². The molecule has 3 atom stereocenters. The Morgan fingerprint density at radius 1 is 0.417 bits per heavy atom. The first-order valence-corrected chi connectivity index (χ1v) is 27.5. The lowest BCUT2D eigenvalue weighted by Gasteiger charge is -2.21. The van der Waals surface area contributed by atoms with Crippen molar-refractivity contribution >= 4 is 5.91 Å². The van der Waals surface area contributed by atoms with E-state index in [1.54, 1.807) is 6.08 Å². The van der Waals surface area contributed by atoms with Gasteiger partial charge in [-0.1, -0.05) is 296 Å². The smallest absolute Gasteiger partial charge is 0.222 e. The average Bonchev–Trinajstić information content (AvgIpc) is 3.24. The molecule has 60 heavy (non-hydrogen) atoms. The first kappa shape index (κ1) is 59.1. The van der Waals surface area contributed by atoms with Gasteiger partial charge in [-0.05, 0) is 19.3 Å². The number of hydrogen-bond donors (Lipinski definition) is 4. The fourth-order valence-corrected chi connectivity index (χ4v) is 8.87. The molecular weight excluding hydrogens is 739 g/mol. The Morgan fingerprint density at radius 2 is 0.683 bits per heavy atom. The zero-order valence-corrected chi connectivity index (χ0v) is 40.9. The van der Waals surface area contributed by atoms with Crippen LogP contribution in [0.3, 0.4) is 0 Å². The molecule has 0 aromatic rings. The third-order valence-corrected chi connectivity index (χ3v) is 13.1. The van der Waals surface area contributed by atoms with Crippen molar-refractivity contribution in [1.82, 2.24) is 5.32 Å². The van der Waals surface area contributed by atoms with Gasteiger partial charge in [0.2, 0.25) is 5.91 Å². The number of aliphatic hydroxyl groups is 3. The molecule has 0 aromatic heterocycles. The van der Waals surface area contributed by atoms with Gasteiger partial charge in [-0.15, -0.1) is 0 Å². The lowest BCUT2D eigenvalue weighted by atomic mass is 10.0. The molecule has 3 unspecified atom stereocenters. The van der Waals surface area contributed by atoms with Gasteiger partial charge in [-0.2, -0.15) is 0 Å².